The number of rotatable bonds is 6. The lowest BCUT2D eigenvalue weighted by atomic mass is 10.1. The average molecular weight is 417 g/mol. The molecular formula is C23H22F3NO3. The molecule has 1 atom stereocenters. The zero-order valence-electron chi connectivity index (χ0n) is 16.8. The fourth-order valence-electron chi connectivity index (χ4n) is 2.93. The van der Waals surface area contributed by atoms with E-state index in [2.05, 4.69) is 4.98 Å². The fourth-order valence-corrected chi connectivity index (χ4v) is 2.93. The lowest BCUT2D eigenvalue weighted by Crippen LogP contribution is -2.04. The van der Waals surface area contributed by atoms with E-state index in [1.54, 1.807) is 19.9 Å². The van der Waals surface area contributed by atoms with E-state index in [4.69, 9.17) is 9.15 Å². The minimum Gasteiger partial charge on any atom is -0.487 e. The zero-order chi connectivity index (χ0) is 21.9. The average Bonchev–Trinajstić information content (AvgIpc) is 3.06. The van der Waals surface area contributed by atoms with Crippen LogP contribution in [0.25, 0.3) is 17.0 Å². The maximum Gasteiger partial charge on any atom is 0.416 e. The number of aliphatic hydroxyl groups is 1. The number of allylic oxidation sites excluding steroid dienone is 1. The Morgan fingerprint density at radius 1 is 1.20 bits per heavy atom. The zero-order valence-corrected chi connectivity index (χ0v) is 16.8. The SMILES string of the molecule is C/C(=C/C(C)O)c1cccc(OCc2nc(-c3ccc(C(F)(F)F)cc3)oc2C)c1. The van der Waals surface area contributed by atoms with Crippen molar-refractivity contribution in [2.75, 3.05) is 0 Å². The molecule has 2 aromatic carbocycles. The van der Waals surface area contributed by atoms with E-state index in [0.29, 0.717) is 22.8 Å². The fraction of sp³-hybridized carbons (Fsp3) is 0.261. The second-order valence-corrected chi connectivity index (χ2v) is 7.00. The summed E-state index contributed by atoms with van der Waals surface area (Å²) in [5, 5.41) is 9.51. The molecule has 0 bridgehead atoms. The van der Waals surface area contributed by atoms with Crippen molar-refractivity contribution < 1.29 is 27.4 Å². The van der Waals surface area contributed by atoms with Gasteiger partial charge in [0.15, 0.2) is 0 Å². The predicted octanol–water partition coefficient (Wildman–Crippen LogP) is 6.03. The molecule has 1 unspecified atom stereocenters. The van der Waals surface area contributed by atoms with Gasteiger partial charge in [0.2, 0.25) is 5.89 Å². The number of oxazole rings is 1. The number of hydrogen-bond donors (Lipinski definition) is 1. The summed E-state index contributed by atoms with van der Waals surface area (Å²) in [7, 11) is 0. The third-order valence-corrected chi connectivity index (χ3v) is 4.51. The standard InChI is InChI=1S/C23H22F3NO3/c1-14(11-15(2)28)18-5-4-6-20(12-18)29-13-21-16(3)30-22(27-21)17-7-9-19(10-8-17)23(24,25)26/h4-12,15,28H,13H2,1-3H3/b14-11-. The third kappa shape index (κ3) is 5.30. The molecule has 0 spiro atoms. The van der Waals surface area contributed by atoms with Crippen LogP contribution < -0.4 is 4.74 Å². The Balaban J connectivity index is 1.73. The first-order valence-electron chi connectivity index (χ1n) is 9.37. The van der Waals surface area contributed by atoms with Gasteiger partial charge < -0.3 is 14.3 Å². The lowest BCUT2D eigenvalue weighted by Gasteiger charge is -2.08. The molecule has 7 heteroatoms. The second-order valence-electron chi connectivity index (χ2n) is 7.00. The molecule has 0 radical (unpaired) electrons. The third-order valence-electron chi connectivity index (χ3n) is 4.51. The van der Waals surface area contributed by atoms with Gasteiger partial charge in [0.05, 0.1) is 11.7 Å². The van der Waals surface area contributed by atoms with Gasteiger partial charge in [-0.1, -0.05) is 18.2 Å². The highest BCUT2D eigenvalue weighted by molar-refractivity contribution is 5.65. The monoisotopic (exact) mass is 417 g/mol. The number of nitrogens with zero attached hydrogens (tertiary/aromatic N) is 1. The predicted molar refractivity (Wildman–Crippen MR) is 108 cm³/mol. The van der Waals surface area contributed by atoms with Crippen molar-refractivity contribution in [3.63, 3.8) is 0 Å². The van der Waals surface area contributed by atoms with E-state index in [9.17, 15) is 18.3 Å². The molecule has 1 heterocycles. The van der Waals surface area contributed by atoms with Gasteiger partial charge in [0.1, 0.15) is 23.8 Å². The number of alkyl halides is 3. The number of aromatic nitrogens is 1. The summed E-state index contributed by atoms with van der Waals surface area (Å²) in [6.45, 7) is 5.47. The molecule has 0 saturated heterocycles. The highest BCUT2D eigenvalue weighted by Gasteiger charge is 2.30. The van der Waals surface area contributed by atoms with Gasteiger partial charge in [0, 0.05) is 5.56 Å². The van der Waals surface area contributed by atoms with Crippen molar-refractivity contribution in [1.82, 2.24) is 4.98 Å². The van der Waals surface area contributed by atoms with Crippen LogP contribution in [0.15, 0.2) is 59.0 Å². The van der Waals surface area contributed by atoms with Gasteiger partial charge in [0.25, 0.3) is 0 Å². The van der Waals surface area contributed by atoms with Gasteiger partial charge in [-0.15, -0.1) is 0 Å². The molecule has 30 heavy (non-hydrogen) atoms. The van der Waals surface area contributed by atoms with Gasteiger partial charge in [-0.25, -0.2) is 4.98 Å². The molecule has 0 aliphatic heterocycles. The van der Waals surface area contributed by atoms with E-state index < -0.39 is 17.8 Å². The first kappa shape index (κ1) is 21.6. The first-order valence-corrected chi connectivity index (χ1v) is 9.37. The second kappa shape index (κ2) is 8.75. The van der Waals surface area contributed by atoms with Crippen LogP contribution in [0.2, 0.25) is 0 Å². The Bertz CT molecular complexity index is 1030. The normalized spacial score (nSPS) is 13.4. The molecule has 1 N–H and O–H groups in total. The summed E-state index contributed by atoms with van der Waals surface area (Å²) in [6.07, 6.45) is -3.19. The van der Waals surface area contributed by atoms with Crippen LogP contribution in [-0.4, -0.2) is 16.2 Å². The van der Waals surface area contributed by atoms with Crippen LogP contribution in [0.5, 0.6) is 5.75 Å². The number of hydrogen-bond acceptors (Lipinski definition) is 4. The molecule has 0 aliphatic carbocycles. The van der Waals surface area contributed by atoms with Crippen LogP contribution in [0.3, 0.4) is 0 Å². The molecule has 3 rings (SSSR count). The van der Waals surface area contributed by atoms with Crippen LogP contribution in [0, 0.1) is 6.92 Å². The molecular weight excluding hydrogens is 395 g/mol. The number of halogens is 3. The van der Waals surface area contributed by atoms with Crippen molar-refractivity contribution >= 4 is 5.57 Å². The van der Waals surface area contributed by atoms with E-state index in [0.717, 1.165) is 23.3 Å². The highest BCUT2D eigenvalue weighted by atomic mass is 19.4. The molecule has 0 fully saturated rings. The summed E-state index contributed by atoms with van der Waals surface area (Å²) in [4.78, 5) is 4.37. The summed E-state index contributed by atoms with van der Waals surface area (Å²) < 4.78 is 49.6. The summed E-state index contributed by atoms with van der Waals surface area (Å²) >= 11 is 0. The summed E-state index contributed by atoms with van der Waals surface area (Å²) in [5.74, 6) is 1.40. The van der Waals surface area contributed by atoms with Crippen molar-refractivity contribution in [3.05, 3.63) is 77.2 Å². The maximum atomic E-state index is 12.7. The van der Waals surface area contributed by atoms with E-state index in [-0.39, 0.29) is 12.5 Å². The Hall–Kier alpha value is -3.06. The molecule has 0 amide bonds. The van der Waals surface area contributed by atoms with Gasteiger partial charge >= 0.3 is 6.18 Å². The topological polar surface area (TPSA) is 55.5 Å². The van der Waals surface area contributed by atoms with Gasteiger partial charge in [-0.05, 0) is 68.3 Å². The number of ether oxygens (including phenoxy) is 1. The van der Waals surface area contributed by atoms with E-state index in [1.165, 1.54) is 12.1 Å². The van der Waals surface area contributed by atoms with Gasteiger partial charge in [-0.3, -0.25) is 0 Å². The molecule has 0 aliphatic rings. The number of benzene rings is 2. The van der Waals surface area contributed by atoms with Crippen LogP contribution in [0.4, 0.5) is 13.2 Å². The molecule has 4 nitrogen and oxygen atoms in total. The lowest BCUT2D eigenvalue weighted by molar-refractivity contribution is -0.137. The smallest absolute Gasteiger partial charge is 0.416 e. The molecule has 158 valence electrons. The van der Waals surface area contributed by atoms with Crippen LogP contribution >= 0.6 is 0 Å². The van der Waals surface area contributed by atoms with Crippen molar-refractivity contribution in [1.29, 1.82) is 0 Å². The molecule has 0 saturated carbocycles. The van der Waals surface area contributed by atoms with E-state index >= 15 is 0 Å². The van der Waals surface area contributed by atoms with Crippen LogP contribution in [-0.2, 0) is 12.8 Å². The minimum absolute atomic E-state index is 0.151. The number of aryl methyl sites for hydroxylation is 1. The Labute approximate surface area is 172 Å². The minimum atomic E-state index is -4.39. The Morgan fingerprint density at radius 2 is 1.90 bits per heavy atom. The van der Waals surface area contributed by atoms with Crippen molar-refractivity contribution in [3.8, 4) is 17.2 Å². The van der Waals surface area contributed by atoms with Gasteiger partial charge in [-0.2, -0.15) is 13.2 Å². The first-order chi connectivity index (χ1) is 14.1. The Kier molecular flexibility index (Phi) is 6.31. The maximum absolute atomic E-state index is 12.7. The summed E-state index contributed by atoms with van der Waals surface area (Å²) in [5.41, 5.74) is 2.15. The van der Waals surface area contributed by atoms with Crippen molar-refractivity contribution in [2.45, 2.75) is 39.7 Å². The Morgan fingerprint density at radius 3 is 2.53 bits per heavy atom. The largest absolute Gasteiger partial charge is 0.487 e. The van der Waals surface area contributed by atoms with Crippen molar-refractivity contribution in [2.24, 2.45) is 0 Å². The summed E-state index contributed by atoms with van der Waals surface area (Å²) in [6, 6.07) is 12.1. The molecule has 1 aromatic heterocycles. The van der Waals surface area contributed by atoms with E-state index in [1.807, 2.05) is 31.2 Å². The quantitative estimate of drug-likeness (QED) is 0.532. The number of aliphatic hydroxyl groups excluding tert-OH is 1. The van der Waals surface area contributed by atoms with Crippen LogP contribution in [0.1, 0.15) is 36.4 Å². The highest BCUT2D eigenvalue weighted by Crippen LogP contribution is 2.31. The molecule has 3 aromatic rings.